The van der Waals surface area contributed by atoms with Crippen molar-refractivity contribution in [1.82, 2.24) is 0 Å². The number of hydrogen-bond acceptors (Lipinski definition) is 3. The minimum absolute atomic E-state index is 0.203. The van der Waals surface area contributed by atoms with E-state index in [0.29, 0.717) is 12.1 Å². The van der Waals surface area contributed by atoms with E-state index in [1.54, 1.807) is 18.2 Å². The zero-order valence-corrected chi connectivity index (χ0v) is 18.6. The Morgan fingerprint density at radius 3 is 2.32 bits per heavy atom. The van der Waals surface area contributed by atoms with Crippen LogP contribution in [0.4, 0.5) is 5.69 Å². The summed E-state index contributed by atoms with van der Waals surface area (Å²) in [4.78, 5) is 10.8. The van der Waals surface area contributed by atoms with Crippen LogP contribution in [0.5, 0.6) is 0 Å². The van der Waals surface area contributed by atoms with Gasteiger partial charge in [0, 0.05) is 10.9 Å². The van der Waals surface area contributed by atoms with Gasteiger partial charge in [-0.05, 0) is 74.1 Å². The van der Waals surface area contributed by atoms with Gasteiger partial charge in [-0.2, -0.15) is 0 Å². The summed E-state index contributed by atoms with van der Waals surface area (Å²) in [5.41, 5.74) is 3.28. The average molecular weight is 468 g/mol. The van der Waals surface area contributed by atoms with Crippen LogP contribution in [-0.4, -0.2) is 19.5 Å². The summed E-state index contributed by atoms with van der Waals surface area (Å²) in [5.74, 6) is -0.762. The first-order valence-corrected chi connectivity index (χ1v) is 11.6. The topological polar surface area (TPSA) is 83.5 Å². The molecular weight excluding hydrogens is 442 g/mol. The lowest BCUT2D eigenvalue weighted by Gasteiger charge is -2.14. The lowest BCUT2D eigenvalue weighted by Crippen LogP contribution is -2.15. The van der Waals surface area contributed by atoms with E-state index in [9.17, 15) is 13.2 Å². The van der Waals surface area contributed by atoms with Crippen LogP contribution in [0, 0.1) is 13.8 Å². The fourth-order valence-electron chi connectivity index (χ4n) is 3.09. The molecule has 0 aliphatic heterocycles. The molecule has 0 aromatic heterocycles. The van der Waals surface area contributed by atoms with Crippen molar-refractivity contribution in [2.45, 2.75) is 57.3 Å². The first-order valence-electron chi connectivity index (χ1n) is 9.29. The lowest BCUT2D eigenvalue weighted by molar-refractivity contribution is -0.137. The van der Waals surface area contributed by atoms with Crippen LogP contribution in [0.25, 0.3) is 0 Å². The molecule has 0 aliphatic carbocycles. The second kappa shape index (κ2) is 10.1. The monoisotopic (exact) mass is 467 g/mol. The highest BCUT2D eigenvalue weighted by molar-refractivity contribution is 9.10. The molecule has 0 amide bonds. The van der Waals surface area contributed by atoms with Gasteiger partial charge in [0.25, 0.3) is 10.0 Å². The molecule has 2 aromatic rings. The summed E-state index contributed by atoms with van der Waals surface area (Å²) in [5, 5.41) is 8.64. The van der Waals surface area contributed by atoms with Gasteiger partial charge >= 0.3 is 5.97 Å². The second-order valence-corrected chi connectivity index (χ2v) is 9.57. The Bertz CT molecular complexity index is 918. The van der Waals surface area contributed by atoms with Crippen molar-refractivity contribution in [2.24, 2.45) is 0 Å². The van der Waals surface area contributed by atoms with Crippen LogP contribution in [0.2, 0.25) is 0 Å². The van der Waals surface area contributed by atoms with Gasteiger partial charge in [-0.15, -0.1) is 0 Å². The highest BCUT2D eigenvalue weighted by Crippen LogP contribution is 2.27. The van der Waals surface area contributed by atoms with Crippen LogP contribution >= 0.6 is 15.9 Å². The molecule has 0 heterocycles. The molecule has 2 aromatic carbocycles. The Balaban J connectivity index is 2.03. The Hall–Kier alpha value is -1.86. The molecule has 152 valence electrons. The quantitative estimate of drug-likeness (QED) is 0.455. The van der Waals surface area contributed by atoms with E-state index < -0.39 is 16.0 Å². The Morgan fingerprint density at radius 1 is 1.04 bits per heavy atom. The SMILES string of the molecule is Cc1cc(Br)cc(C)c1NS(=O)(=O)c1cccc(CCCCCCC(=O)O)c1. The van der Waals surface area contributed by atoms with E-state index in [1.165, 1.54) is 0 Å². The Kier molecular flexibility index (Phi) is 8.07. The maximum atomic E-state index is 12.8. The predicted octanol–water partition coefficient (Wildman–Crippen LogP) is 5.44. The van der Waals surface area contributed by atoms with E-state index >= 15 is 0 Å². The van der Waals surface area contributed by atoms with Gasteiger partial charge < -0.3 is 5.11 Å². The number of carboxylic acids is 1. The average Bonchev–Trinajstić information content (AvgIpc) is 2.61. The van der Waals surface area contributed by atoms with Gasteiger partial charge in [0.2, 0.25) is 0 Å². The zero-order chi connectivity index (χ0) is 20.7. The smallest absolute Gasteiger partial charge is 0.303 e. The van der Waals surface area contributed by atoms with E-state index in [-0.39, 0.29) is 11.3 Å². The number of sulfonamides is 1. The van der Waals surface area contributed by atoms with Crippen LogP contribution < -0.4 is 4.72 Å². The molecule has 0 unspecified atom stereocenters. The van der Waals surface area contributed by atoms with Crippen LogP contribution in [0.3, 0.4) is 0 Å². The second-order valence-electron chi connectivity index (χ2n) is 6.98. The van der Waals surface area contributed by atoms with E-state index in [1.807, 2.05) is 32.0 Å². The number of halogens is 1. The van der Waals surface area contributed by atoms with Gasteiger partial charge in [0.05, 0.1) is 10.6 Å². The molecule has 0 fully saturated rings. The first kappa shape index (κ1) is 22.4. The first-order chi connectivity index (χ1) is 13.2. The number of rotatable bonds is 10. The number of hydrogen-bond donors (Lipinski definition) is 2. The summed E-state index contributed by atoms with van der Waals surface area (Å²) >= 11 is 3.42. The van der Waals surface area contributed by atoms with E-state index in [0.717, 1.165) is 46.8 Å². The standard InChI is InChI=1S/C21H26BrNO4S/c1-15-12-18(22)13-16(2)21(15)23-28(26,27)19-10-7-9-17(14-19)8-5-3-4-6-11-20(24)25/h7,9-10,12-14,23H,3-6,8,11H2,1-2H3,(H,24,25). The molecule has 0 atom stereocenters. The molecule has 0 bridgehead atoms. The number of unbranched alkanes of at least 4 members (excludes halogenated alkanes) is 3. The molecule has 0 aliphatic rings. The molecule has 0 spiro atoms. The molecule has 0 radical (unpaired) electrons. The highest BCUT2D eigenvalue weighted by atomic mass is 79.9. The van der Waals surface area contributed by atoms with Gasteiger partial charge in [0.15, 0.2) is 0 Å². The summed E-state index contributed by atoms with van der Waals surface area (Å²) in [6, 6.07) is 10.8. The summed E-state index contributed by atoms with van der Waals surface area (Å²) in [6.07, 6.45) is 4.36. The third-order valence-corrected chi connectivity index (χ3v) is 6.35. The fraction of sp³-hybridized carbons (Fsp3) is 0.381. The van der Waals surface area contributed by atoms with Crippen LogP contribution in [-0.2, 0) is 21.2 Å². The molecule has 5 nitrogen and oxygen atoms in total. The lowest BCUT2D eigenvalue weighted by atomic mass is 10.1. The van der Waals surface area contributed by atoms with Gasteiger partial charge in [-0.3, -0.25) is 9.52 Å². The maximum Gasteiger partial charge on any atom is 0.303 e. The van der Waals surface area contributed by atoms with Crippen molar-refractivity contribution in [3.8, 4) is 0 Å². The maximum absolute atomic E-state index is 12.8. The van der Waals surface area contributed by atoms with Crippen molar-refractivity contribution >= 4 is 37.6 Å². The molecular formula is C21H26BrNO4S. The van der Waals surface area contributed by atoms with Crippen molar-refractivity contribution in [2.75, 3.05) is 4.72 Å². The number of anilines is 1. The summed E-state index contributed by atoms with van der Waals surface area (Å²) in [6.45, 7) is 3.74. The number of carbonyl (C=O) groups is 1. The van der Waals surface area contributed by atoms with Crippen molar-refractivity contribution in [3.05, 3.63) is 57.6 Å². The molecule has 7 heteroatoms. The minimum Gasteiger partial charge on any atom is -0.481 e. The number of carboxylic acid groups (broad SMARTS) is 1. The zero-order valence-electron chi connectivity index (χ0n) is 16.2. The summed E-state index contributed by atoms with van der Waals surface area (Å²) < 4.78 is 29.3. The van der Waals surface area contributed by atoms with Gasteiger partial charge in [-0.25, -0.2) is 8.42 Å². The number of aliphatic carboxylic acids is 1. The molecule has 2 rings (SSSR count). The third kappa shape index (κ3) is 6.63. The van der Waals surface area contributed by atoms with Gasteiger partial charge in [-0.1, -0.05) is 40.9 Å². The van der Waals surface area contributed by atoms with Gasteiger partial charge in [0.1, 0.15) is 0 Å². The largest absolute Gasteiger partial charge is 0.481 e. The normalized spacial score (nSPS) is 11.4. The Morgan fingerprint density at radius 2 is 1.68 bits per heavy atom. The fourth-order valence-corrected chi connectivity index (χ4v) is 5.05. The van der Waals surface area contributed by atoms with Crippen molar-refractivity contribution in [3.63, 3.8) is 0 Å². The summed E-state index contributed by atoms with van der Waals surface area (Å²) in [7, 11) is -3.67. The highest BCUT2D eigenvalue weighted by Gasteiger charge is 2.17. The van der Waals surface area contributed by atoms with Crippen LogP contribution in [0.15, 0.2) is 45.8 Å². The molecule has 0 saturated carbocycles. The van der Waals surface area contributed by atoms with Crippen LogP contribution in [0.1, 0.15) is 48.8 Å². The number of nitrogens with one attached hydrogen (secondary N) is 1. The predicted molar refractivity (Wildman–Crippen MR) is 115 cm³/mol. The van der Waals surface area contributed by atoms with E-state index in [2.05, 4.69) is 20.7 Å². The number of aryl methyl sites for hydroxylation is 3. The van der Waals surface area contributed by atoms with E-state index in [4.69, 9.17) is 5.11 Å². The van der Waals surface area contributed by atoms with Crippen molar-refractivity contribution < 1.29 is 18.3 Å². The molecule has 2 N–H and O–H groups in total. The molecule has 28 heavy (non-hydrogen) atoms. The number of benzene rings is 2. The molecule has 0 saturated heterocycles. The Labute approximate surface area is 175 Å². The minimum atomic E-state index is -3.67. The van der Waals surface area contributed by atoms with Crippen molar-refractivity contribution in [1.29, 1.82) is 0 Å². The third-order valence-electron chi connectivity index (χ3n) is 4.55.